The van der Waals surface area contributed by atoms with Crippen LogP contribution >= 0.6 is 11.6 Å². The van der Waals surface area contributed by atoms with E-state index in [1.165, 1.54) is 24.5 Å². The van der Waals surface area contributed by atoms with Crippen molar-refractivity contribution < 1.29 is 13.6 Å². The maximum atomic E-state index is 12.9. The van der Waals surface area contributed by atoms with Gasteiger partial charge in [0, 0.05) is 29.0 Å². The van der Waals surface area contributed by atoms with Crippen LogP contribution in [0.5, 0.6) is 0 Å². The molecular formula is C21H16ClN5O3S. The van der Waals surface area contributed by atoms with E-state index in [0.717, 1.165) is 9.69 Å². The van der Waals surface area contributed by atoms with Crippen molar-refractivity contribution in [3.05, 3.63) is 89.6 Å². The number of para-hydroxylation sites is 1. The number of amides is 1. The Labute approximate surface area is 185 Å². The molecule has 2 N–H and O–H groups in total. The number of pyridine rings is 1. The summed E-state index contributed by atoms with van der Waals surface area (Å²) in [6, 6.07) is 13.4. The fourth-order valence-corrected chi connectivity index (χ4v) is 3.90. The van der Waals surface area contributed by atoms with Crippen LogP contribution in [-0.2, 0) is 17.8 Å². The molecule has 4 aromatic rings. The molecule has 0 radical (unpaired) electrons. The first-order valence-corrected chi connectivity index (χ1v) is 10.6. The van der Waals surface area contributed by atoms with Crippen molar-refractivity contribution in [2.75, 3.05) is 4.31 Å². The lowest BCUT2D eigenvalue weighted by molar-refractivity contribution is 0.0951. The number of fused-ring (bicyclic) bond motifs is 1. The monoisotopic (exact) mass is 453 g/mol. The molecule has 2 aromatic carbocycles. The summed E-state index contributed by atoms with van der Waals surface area (Å²) in [4.78, 5) is 25.4. The van der Waals surface area contributed by atoms with Crippen LogP contribution in [0.15, 0.2) is 73.3 Å². The second-order valence-corrected chi connectivity index (χ2v) is 7.68. The normalized spacial score (nSPS) is 11.8. The van der Waals surface area contributed by atoms with Gasteiger partial charge in [-0.3, -0.25) is 24.3 Å². The molecule has 0 aliphatic rings. The summed E-state index contributed by atoms with van der Waals surface area (Å²) in [5.41, 5.74) is 1.79. The van der Waals surface area contributed by atoms with Crippen LogP contribution in [0.2, 0.25) is 5.02 Å². The van der Waals surface area contributed by atoms with E-state index in [2.05, 4.69) is 20.3 Å². The van der Waals surface area contributed by atoms with Crippen molar-refractivity contribution in [2.45, 2.75) is 6.54 Å². The third-order valence-corrected chi connectivity index (χ3v) is 5.40. The third kappa shape index (κ3) is 4.53. The molecule has 0 aliphatic heterocycles. The van der Waals surface area contributed by atoms with Gasteiger partial charge in [0.15, 0.2) is 0 Å². The van der Waals surface area contributed by atoms with Crippen molar-refractivity contribution in [3.8, 4) is 0 Å². The molecule has 0 aliphatic carbocycles. The number of hydrogen-bond donors (Lipinski definition) is 2. The van der Waals surface area contributed by atoms with Gasteiger partial charge in [-0.1, -0.05) is 29.8 Å². The number of rotatable bonds is 6. The Balaban J connectivity index is 1.77. The van der Waals surface area contributed by atoms with Gasteiger partial charge >= 0.3 is 0 Å². The van der Waals surface area contributed by atoms with E-state index in [4.69, 9.17) is 11.6 Å². The smallest absolute Gasteiger partial charge is 0.266 e. The van der Waals surface area contributed by atoms with Gasteiger partial charge in [0.25, 0.3) is 17.2 Å². The Kier molecular flexibility index (Phi) is 6.17. The fourth-order valence-electron chi connectivity index (χ4n) is 3.10. The Morgan fingerprint density at radius 2 is 1.90 bits per heavy atom. The van der Waals surface area contributed by atoms with E-state index in [1.54, 1.807) is 36.7 Å². The Hall–Kier alpha value is -3.40. The molecule has 10 heteroatoms. The average Bonchev–Trinajstić information content (AvgIpc) is 2.78. The molecule has 0 fully saturated rings. The molecule has 4 rings (SSSR count). The summed E-state index contributed by atoms with van der Waals surface area (Å²) in [6.07, 6.45) is 6.20. The zero-order valence-corrected chi connectivity index (χ0v) is 17.5. The van der Waals surface area contributed by atoms with E-state index in [-0.39, 0.29) is 17.8 Å². The second kappa shape index (κ2) is 9.17. The van der Waals surface area contributed by atoms with Gasteiger partial charge in [-0.25, -0.2) is 8.51 Å². The molecule has 2 aromatic heterocycles. The van der Waals surface area contributed by atoms with E-state index < -0.39 is 17.2 Å². The van der Waals surface area contributed by atoms with Gasteiger partial charge < -0.3 is 5.32 Å². The Morgan fingerprint density at radius 3 is 2.68 bits per heavy atom. The molecule has 0 bridgehead atoms. The zero-order valence-electron chi connectivity index (χ0n) is 16.0. The summed E-state index contributed by atoms with van der Waals surface area (Å²) in [5, 5.41) is 3.84. The highest BCUT2D eigenvalue weighted by Gasteiger charge is 2.24. The lowest BCUT2D eigenvalue weighted by atomic mass is 10.1. The van der Waals surface area contributed by atoms with Crippen LogP contribution in [0.3, 0.4) is 0 Å². The van der Waals surface area contributed by atoms with Gasteiger partial charge in [-0.15, -0.1) is 0 Å². The summed E-state index contributed by atoms with van der Waals surface area (Å²) >= 11 is 3.67. The predicted molar refractivity (Wildman–Crippen MR) is 119 cm³/mol. The topological polar surface area (TPSA) is 108 Å². The van der Waals surface area contributed by atoms with Gasteiger partial charge in [-0.2, -0.15) is 0 Å². The summed E-state index contributed by atoms with van der Waals surface area (Å²) < 4.78 is 23.7. The molecule has 0 saturated heterocycles. The lowest BCUT2D eigenvalue weighted by Crippen LogP contribution is -2.27. The molecule has 1 amide bonds. The maximum Gasteiger partial charge on any atom is 0.266 e. The lowest BCUT2D eigenvalue weighted by Gasteiger charge is -2.23. The minimum Gasteiger partial charge on any atom is -0.346 e. The van der Waals surface area contributed by atoms with Gasteiger partial charge in [-0.05, 0) is 30.3 Å². The van der Waals surface area contributed by atoms with Crippen LogP contribution in [0.1, 0.15) is 16.1 Å². The second-order valence-electron chi connectivity index (χ2n) is 6.42. The van der Waals surface area contributed by atoms with Crippen molar-refractivity contribution in [3.63, 3.8) is 0 Å². The third-order valence-electron chi connectivity index (χ3n) is 4.46. The predicted octanol–water partition coefficient (Wildman–Crippen LogP) is 3.88. The average molecular weight is 454 g/mol. The van der Waals surface area contributed by atoms with E-state index in [9.17, 15) is 13.6 Å². The van der Waals surface area contributed by atoms with Crippen LogP contribution in [0.25, 0.3) is 10.9 Å². The SMILES string of the molecule is O=C(NCc1cnccn1)c1ccc(Cl)cc1N(c1cccc2cccnc12)S(=O)O. The number of halogens is 1. The standard InChI is InChI=1S/C21H16ClN5O3S/c22-15-6-7-17(21(28)26-13-16-12-23-9-10-24-16)19(11-15)27(31(29)30)18-5-1-3-14-4-2-8-25-20(14)18/h1-12H,13H2,(H,26,28)(H,29,30). The van der Waals surface area contributed by atoms with Crippen molar-refractivity contribution in [2.24, 2.45) is 0 Å². The first-order chi connectivity index (χ1) is 15.0. The van der Waals surface area contributed by atoms with Crippen LogP contribution in [-0.4, -0.2) is 29.6 Å². The highest BCUT2D eigenvalue weighted by Crippen LogP contribution is 2.35. The number of carbonyl (C=O) groups is 1. The number of benzene rings is 2. The number of carbonyl (C=O) groups excluding carboxylic acids is 1. The number of hydrogen-bond acceptors (Lipinski definition) is 5. The summed E-state index contributed by atoms with van der Waals surface area (Å²) in [6.45, 7) is 0.146. The van der Waals surface area contributed by atoms with Crippen molar-refractivity contribution in [1.82, 2.24) is 20.3 Å². The molecule has 31 heavy (non-hydrogen) atoms. The van der Waals surface area contributed by atoms with E-state index in [1.807, 2.05) is 12.1 Å². The van der Waals surface area contributed by atoms with Crippen LogP contribution < -0.4 is 9.62 Å². The maximum absolute atomic E-state index is 12.9. The molecule has 1 atom stereocenters. The number of aromatic nitrogens is 3. The Morgan fingerprint density at radius 1 is 1.06 bits per heavy atom. The highest BCUT2D eigenvalue weighted by atomic mass is 35.5. The highest BCUT2D eigenvalue weighted by molar-refractivity contribution is 7.81. The number of nitrogens with one attached hydrogen (secondary N) is 1. The summed E-state index contributed by atoms with van der Waals surface area (Å²) in [7, 11) is 0. The largest absolute Gasteiger partial charge is 0.346 e. The minimum absolute atomic E-state index is 0.146. The minimum atomic E-state index is -2.50. The molecule has 1 unspecified atom stereocenters. The Bertz CT molecular complexity index is 1270. The van der Waals surface area contributed by atoms with Crippen LogP contribution in [0, 0.1) is 0 Å². The molecular weight excluding hydrogens is 438 g/mol. The molecule has 156 valence electrons. The quantitative estimate of drug-likeness (QED) is 0.429. The van der Waals surface area contributed by atoms with Gasteiger partial charge in [0.2, 0.25) is 0 Å². The number of anilines is 2. The van der Waals surface area contributed by atoms with Crippen molar-refractivity contribution >= 4 is 51.1 Å². The molecule has 0 spiro atoms. The van der Waals surface area contributed by atoms with Gasteiger partial charge in [0.1, 0.15) is 0 Å². The fraction of sp³-hybridized carbons (Fsp3) is 0.0476. The molecule has 2 heterocycles. The van der Waals surface area contributed by atoms with E-state index >= 15 is 0 Å². The molecule has 0 saturated carbocycles. The van der Waals surface area contributed by atoms with Crippen LogP contribution in [0.4, 0.5) is 11.4 Å². The number of nitrogens with zero attached hydrogens (tertiary/aromatic N) is 4. The first kappa shape index (κ1) is 20.9. The van der Waals surface area contributed by atoms with E-state index in [0.29, 0.717) is 21.9 Å². The molecule has 8 nitrogen and oxygen atoms in total. The van der Waals surface area contributed by atoms with Crippen molar-refractivity contribution in [1.29, 1.82) is 0 Å². The summed E-state index contributed by atoms with van der Waals surface area (Å²) in [5.74, 6) is -0.457. The van der Waals surface area contributed by atoms with Gasteiger partial charge in [0.05, 0.1) is 40.9 Å². The first-order valence-electron chi connectivity index (χ1n) is 9.12. The zero-order chi connectivity index (χ0) is 21.8.